The van der Waals surface area contributed by atoms with Crippen LogP contribution in [0, 0.1) is 0 Å². The Morgan fingerprint density at radius 2 is 1.82 bits per heavy atom. The first-order valence-electron chi connectivity index (χ1n) is 5.18. The highest BCUT2D eigenvalue weighted by molar-refractivity contribution is 5.91. The van der Waals surface area contributed by atoms with Crippen molar-refractivity contribution in [1.29, 1.82) is 0 Å². The van der Waals surface area contributed by atoms with Crippen molar-refractivity contribution in [3.05, 3.63) is 48.0 Å². The molecule has 0 saturated heterocycles. The van der Waals surface area contributed by atoms with E-state index in [-0.39, 0.29) is 5.75 Å². The molecule has 3 nitrogen and oxygen atoms in total. The zero-order valence-electron chi connectivity index (χ0n) is 9.38. The number of hydrogen-bond donors (Lipinski definition) is 1. The van der Waals surface area contributed by atoms with Crippen LogP contribution in [0.1, 0.15) is 10.4 Å². The third kappa shape index (κ3) is 1.99. The second-order valence-corrected chi connectivity index (χ2v) is 3.57. The number of aromatic hydroxyl groups is 1. The topological polar surface area (TPSA) is 46.5 Å². The molecule has 0 radical (unpaired) electrons. The Morgan fingerprint density at radius 1 is 1.12 bits per heavy atom. The van der Waals surface area contributed by atoms with E-state index in [0.717, 1.165) is 11.8 Å². The van der Waals surface area contributed by atoms with Crippen molar-refractivity contribution in [2.24, 2.45) is 0 Å². The first-order valence-corrected chi connectivity index (χ1v) is 5.18. The smallest absolute Gasteiger partial charge is 0.169 e. The van der Waals surface area contributed by atoms with E-state index < -0.39 is 0 Å². The van der Waals surface area contributed by atoms with Gasteiger partial charge in [0.2, 0.25) is 0 Å². The molecule has 0 heterocycles. The summed E-state index contributed by atoms with van der Waals surface area (Å²) in [7, 11) is 1.47. The first kappa shape index (κ1) is 11.2. The lowest BCUT2D eigenvalue weighted by atomic mass is 9.99. The highest BCUT2D eigenvalue weighted by Crippen LogP contribution is 2.39. The molecule has 0 amide bonds. The quantitative estimate of drug-likeness (QED) is 0.821. The molecule has 0 unspecified atom stereocenters. The molecule has 0 fully saturated rings. The van der Waals surface area contributed by atoms with Crippen LogP contribution in [0.5, 0.6) is 11.5 Å². The van der Waals surface area contributed by atoms with Crippen LogP contribution in [0.3, 0.4) is 0 Å². The van der Waals surface area contributed by atoms with Gasteiger partial charge in [-0.3, -0.25) is 4.79 Å². The van der Waals surface area contributed by atoms with Crippen LogP contribution < -0.4 is 4.74 Å². The van der Waals surface area contributed by atoms with Gasteiger partial charge >= 0.3 is 0 Å². The number of carbonyl (C=O) groups is 1. The fourth-order valence-corrected chi connectivity index (χ4v) is 1.79. The number of aldehydes is 1. The van der Waals surface area contributed by atoms with E-state index in [9.17, 15) is 9.90 Å². The Hall–Kier alpha value is -2.29. The van der Waals surface area contributed by atoms with Gasteiger partial charge in [0.15, 0.2) is 17.8 Å². The predicted molar refractivity (Wildman–Crippen MR) is 65.5 cm³/mol. The summed E-state index contributed by atoms with van der Waals surface area (Å²) in [5.74, 6) is 0.345. The maximum atomic E-state index is 11.0. The van der Waals surface area contributed by atoms with Crippen molar-refractivity contribution in [2.75, 3.05) is 7.11 Å². The summed E-state index contributed by atoms with van der Waals surface area (Å²) < 4.78 is 5.16. The van der Waals surface area contributed by atoms with E-state index in [4.69, 9.17) is 4.74 Å². The minimum absolute atomic E-state index is 0.0250. The Morgan fingerprint density at radius 3 is 2.41 bits per heavy atom. The number of rotatable bonds is 3. The molecule has 0 aliphatic carbocycles. The van der Waals surface area contributed by atoms with Crippen LogP contribution in [0.15, 0.2) is 42.5 Å². The van der Waals surface area contributed by atoms with Crippen LogP contribution in [0.4, 0.5) is 0 Å². The number of phenolic OH excluding ortho intramolecular Hbond substituents is 1. The highest BCUT2D eigenvalue weighted by Gasteiger charge is 2.14. The largest absolute Gasteiger partial charge is 0.504 e. The summed E-state index contributed by atoms with van der Waals surface area (Å²) in [5.41, 5.74) is 1.94. The van der Waals surface area contributed by atoms with Crippen molar-refractivity contribution in [1.82, 2.24) is 0 Å². The van der Waals surface area contributed by atoms with Gasteiger partial charge in [0.05, 0.1) is 7.11 Å². The van der Waals surface area contributed by atoms with Crippen LogP contribution >= 0.6 is 0 Å². The van der Waals surface area contributed by atoms with Gasteiger partial charge in [0, 0.05) is 11.1 Å². The predicted octanol–water partition coefficient (Wildman–Crippen LogP) is 2.88. The summed E-state index contributed by atoms with van der Waals surface area (Å²) in [5, 5.41) is 9.73. The Bertz CT molecular complexity index is 533. The van der Waals surface area contributed by atoms with Gasteiger partial charge < -0.3 is 9.84 Å². The number of benzene rings is 2. The molecular formula is C14H12O3. The molecule has 2 aromatic rings. The molecular weight excluding hydrogens is 216 g/mol. The summed E-state index contributed by atoms with van der Waals surface area (Å²) in [4.78, 5) is 11.0. The normalized spacial score (nSPS) is 9.94. The molecule has 2 rings (SSSR count). The summed E-state index contributed by atoms with van der Waals surface area (Å²) >= 11 is 0. The summed E-state index contributed by atoms with van der Waals surface area (Å²) in [6.45, 7) is 0. The third-order valence-corrected chi connectivity index (χ3v) is 2.56. The van der Waals surface area contributed by atoms with Gasteiger partial charge in [0.1, 0.15) is 0 Å². The fraction of sp³-hybridized carbons (Fsp3) is 0.0714. The van der Waals surface area contributed by atoms with Gasteiger partial charge in [-0.05, 0) is 17.7 Å². The minimum Gasteiger partial charge on any atom is -0.504 e. The van der Waals surface area contributed by atoms with Gasteiger partial charge in [-0.15, -0.1) is 0 Å². The van der Waals surface area contributed by atoms with Crippen LogP contribution in [0.2, 0.25) is 0 Å². The number of carbonyl (C=O) groups excluding carboxylic acids is 1. The molecule has 86 valence electrons. The monoisotopic (exact) mass is 228 g/mol. The van der Waals surface area contributed by atoms with Gasteiger partial charge in [-0.25, -0.2) is 0 Å². The second-order valence-electron chi connectivity index (χ2n) is 3.57. The number of methoxy groups -OCH3 is 1. The number of ether oxygens (including phenoxy) is 1. The SMILES string of the molecule is COc1c(O)ccc(C=O)c1-c1ccccc1. The van der Waals surface area contributed by atoms with E-state index >= 15 is 0 Å². The summed E-state index contributed by atoms with van der Waals surface area (Å²) in [6.07, 6.45) is 0.754. The number of hydrogen-bond acceptors (Lipinski definition) is 3. The maximum absolute atomic E-state index is 11.0. The second kappa shape index (κ2) is 4.70. The lowest BCUT2D eigenvalue weighted by Gasteiger charge is -2.12. The zero-order chi connectivity index (χ0) is 12.3. The third-order valence-electron chi connectivity index (χ3n) is 2.56. The summed E-state index contributed by atoms with van der Waals surface area (Å²) in [6, 6.07) is 12.4. The molecule has 1 N–H and O–H groups in total. The lowest BCUT2D eigenvalue weighted by Crippen LogP contribution is -1.94. The fourth-order valence-electron chi connectivity index (χ4n) is 1.79. The van der Waals surface area contributed by atoms with Gasteiger partial charge in [-0.2, -0.15) is 0 Å². The van der Waals surface area contributed by atoms with Gasteiger partial charge in [-0.1, -0.05) is 30.3 Å². The Balaban J connectivity index is 2.73. The molecule has 0 saturated carbocycles. The van der Waals surface area contributed by atoms with E-state index in [1.165, 1.54) is 13.2 Å². The molecule has 0 aliphatic heterocycles. The number of phenols is 1. The Kier molecular flexibility index (Phi) is 3.10. The van der Waals surface area contributed by atoms with Crippen LogP contribution in [0.25, 0.3) is 11.1 Å². The van der Waals surface area contributed by atoms with E-state index in [1.807, 2.05) is 30.3 Å². The molecule has 0 bridgehead atoms. The van der Waals surface area contributed by atoms with Crippen LogP contribution in [-0.4, -0.2) is 18.5 Å². The average molecular weight is 228 g/mol. The van der Waals surface area contributed by atoms with Crippen molar-refractivity contribution >= 4 is 6.29 Å². The molecule has 0 aromatic heterocycles. The lowest BCUT2D eigenvalue weighted by molar-refractivity contribution is 0.112. The van der Waals surface area contributed by atoms with Gasteiger partial charge in [0.25, 0.3) is 0 Å². The van der Waals surface area contributed by atoms with E-state index in [0.29, 0.717) is 16.9 Å². The standard InChI is InChI=1S/C14H12O3/c1-17-14-12(16)8-7-11(9-15)13(14)10-5-3-2-4-6-10/h2-9,16H,1H3. The maximum Gasteiger partial charge on any atom is 0.169 e. The Labute approximate surface area is 99.3 Å². The first-order chi connectivity index (χ1) is 8.27. The van der Waals surface area contributed by atoms with Crippen molar-refractivity contribution < 1.29 is 14.6 Å². The molecule has 2 aromatic carbocycles. The minimum atomic E-state index is 0.0250. The molecule has 0 atom stereocenters. The molecule has 17 heavy (non-hydrogen) atoms. The molecule has 0 aliphatic rings. The van der Waals surface area contributed by atoms with Crippen molar-refractivity contribution in [3.8, 4) is 22.6 Å². The zero-order valence-corrected chi connectivity index (χ0v) is 9.38. The highest BCUT2D eigenvalue weighted by atomic mass is 16.5. The molecule has 3 heteroatoms. The van der Waals surface area contributed by atoms with Crippen molar-refractivity contribution in [3.63, 3.8) is 0 Å². The van der Waals surface area contributed by atoms with Crippen molar-refractivity contribution in [2.45, 2.75) is 0 Å². The molecule has 0 spiro atoms. The van der Waals surface area contributed by atoms with E-state index in [1.54, 1.807) is 6.07 Å². The van der Waals surface area contributed by atoms with Crippen LogP contribution in [-0.2, 0) is 0 Å². The van der Waals surface area contributed by atoms with E-state index in [2.05, 4.69) is 0 Å². The average Bonchev–Trinajstić information content (AvgIpc) is 2.39.